The van der Waals surface area contributed by atoms with Crippen molar-refractivity contribution in [1.82, 2.24) is 10.3 Å². The molecule has 0 bridgehead atoms. The Bertz CT molecular complexity index is 317. The lowest BCUT2D eigenvalue weighted by Gasteiger charge is -2.06. The second kappa shape index (κ2) is 6.01. The predicted octanol–water partition coefficient (Wildman–Crippen LogP) is 1.20. The van der Waals surface area contributed by atoms with E-state index in [0.29, 0.717) is 5.88 Å². The van der Waals surface area contributed by atoms with Gasteiger partial charge in [0.2, 0.25) is 5.88 Å². The van der Waals surface area contributed by atoms with E-state index in [1.807, 2.05) is 12.1 Å². The minimum absolute atomic E-state index is 0.667. The third kappa shape index (κ3) is 3.08. The highest BCUT2D eigenvalue weighted by Crippen LogP contribution is 2.12. The van der Waals surface area contributed by atoms with Crippen LogP contribution in [0, 0.1) is 12.3 Å². The maximum atomic E-state index is 5.14. The minimum atomic E-state index is 0.667. The van der Waals surface area contributed by atoms with Gasteiger partial charge in [-0.25, -0.2) is 4.98 Å². The molecule has 0 unspecified atom stereocenters. The molecule has 0 saturated heterocycles. The number of pyridine rings is 1. The van der Waals surface area contributed by atoms with Gasteiger partial charge in [-0.05, 0) is 6.07 Å². The lowest BCUT2D eigenvalue weighted by atomic mass is 10.2. The molecule has 0 aliphatic heterocycles. The highest BCUT2D eigenvalue weighted by molar-refractivity contribution is 5.24. The number of nitrogens with one attached hydrogen (secondary N) is 1. The van der Waals surface area contributed by atoms with Crippen molar-refractivity contribution in [1.29, 1.82) is 0 Å². The van der Waals surface area contributed by atoms with Crippen molar-refractivity contribution < 1.29 is 4.74 Å². The van der Waals surface area contributed by atoms with Gasteiger partial charge in [0.15, 0.2) is 0 Å². The van der Waals surface area contributed by atoms with Crippen LogP contribution in [-0.2, 0) is 6.54 Å². The molecule has 0 atom stereocenters. The Labute approximate surface area is 84.5 Å². The molecular weight excluding hydrogens is 176 g/mol. The first-order chi connectivity index (χ1) is 6.88. The second-order valence-corrected chi connectivity index (χ2v) is 2.80. The molecule has 1 aromatic rings. The first kappa shape index (κ1) is 10.6. The first-order valence-electron chi connectivity index (χ1n) is 4.50. The van der Waals surface area contributed by atoms with Crippen LogP contribution in [0.5, 0.6) is 5.88 Å². The number of ether oxygens (including phenoxy) is 1. The van der Waals surface area contributed by atoms with Crippen LogP contribution in [0.1, 0.15) is 12.0 Å². The van der Waals surface area contributed by atoms with Gasteiger partial charge in [0.05, 0.1) is 7.11 Å². The third-order valence-corrected chi connectivity index (χ3v) is 1.80. The van der Waals surface area contributed by atoms with E-state index in [9.17, 15) is 0 Å². The number of nitrogens with zero attached hydrogens (tertiary/aromatic N) is 1. The number of aromatic nitrogens is 1. The summed E-state index contributed by atoms with van der Waals surface area (Å²) >= 11 is 0. The molecule has 0 spiro atoms. The molecule has 0 saturated carbocycles. The molecule has 1 aromatic heterocycles. The summed E-state index contributed by atoms with van der Waals surface area (Å²) in [4.78, 5) is 4.09. The molecule has 0 aromatic carbocycles. The average Bonchev–Trinajstić information content (AvgIpc) is 2.25. The molecule has 3 heteroatoms. The zero-order valence-corrected chi connectivity index (χ0v) is 8.29. The topological polar surface area (TPSA) is 34.2 Å². The van der Waals surface area contributed by atoms with Gasteiger partial charge in [-0.3, -0.25) is 0 Å². The summed E-state index contributed by atoms with van der Waals surface area (Å²) < 4.78 is 5.11. The van der Waals surface area contributed by atoms with Gasteiger partial charge in [0, 0.05) is 31.3 Å². The maximum Gasteiger partial charge on any atom is 0.217 e. The van der Waals surface area contributed by atoms with Crippen LogP contribution in [0.3, 0.4) is 0 Å². The van der Waals surface area contributed by atoms with Crippen LogP contribution in [0.4, 0.5) is 0 Å². The zero-order valence-electron chi connectivity index (χ0n) is 8.29. The molecule has 3 nitrogen and oxygen atoms in total. The van der Waals surface area contributed by atoms with Crippen LogP contribution in [-0.4, -0.2) is 18.6 Å². The van der Waals surface area contributed by atoms with Gasteiger partial charge in [-0.15, -0.1) is 12.3 Å². The quantitative estimate of drug-likeness (QED) is 0.559. The van der Waals surface area contributed by atoms with Crippen LogP contribution >= 0.6 is 0 Å². The molecule has 0 aliphatic carbocycles. The Kier molecular flexibility index (Phi) is 4.53. The van der Waals surface area contributed by atoms with Crippen molar-refractivity contribution in [2.24, 2.45) is 0 Å². The Morgan fingerprint density at radius 2 is 2.50 bits per heavy atom. The van der Waals surface area contributed by atoms with Crippen molar-refractivity contribution in [3.8, 4) is 18.2 Å². The largest absolute Gasteiger partial charge is 0.481 e. The van der Waals surface area contributed by atoms with E-state index < -0.39 is 0 Å². The van der Waals surface area contributed by atoms with Crippen LogP contribution in [0.25, 0.3) is 0 Å². The third-order valence-electron chi connectivity index (χ3n) is 1.80. The summed E-state index contributed by atoms with van der Waals surface area (Å²) in [6, 6.07) is 3.87. The average molecular weight is 190 g/mol. The number of rotatable bonds is 5. The standard InChI is InChI=1S/C11H14N2O/c1-3-4-7-12-9-10-6-5-8-13-11(10)14-2/h1,5-6,8,12H,4,7,9H2,2H3. The summed E-state index contributed by atoms with van der Waals surface area (Å²) in [6.45, 7) is 1.55. The van der Waals surface area contributed by atoms with E-state index in [-0.39, 0.29) is 0 Å². The first-order valence-corrected chi connectivity index (χ1v) is 4.50. The van der Waals surface area contributed by atoms with Gasteiger partial charge in [-0.2, -0.15) is 0 Å². The summed E-state index contributed by atoms with van der Waals surface area (Å²) in [5, 5.41) is 3.21. The fourth-order valence-electron chi connectivity index (χ4n) is 1.13. The number of terminal acetylenes is 1. The van der Waals surface area contributed by atoms with Crippen molar-refractivity contribution in [2.45, 2.75) is 13.0 Å². The van der Waals surface area contributed by atoms with Crippen LogP contribution in [0.15, 0.2) is 18.3 Å². The van der Waals surface area contributed by atoms with Crippen molar-refractivity contribution in [3.63, 3.8) is 0 Å². The maximum absolute atomic E-state index is 5.14. The van der Waals surface area contributed by atoms with Gasteiger partial charge in [-0.1, -0.05) is 6.07 Å². The number of hydrogen-bond acceptors (Lipinski definition) is 3. The summed E-state index contributed by atoms with van der Waals surface area (Å²) in [7, 11) is 1.62. The van der Waals surface area contributed by atoms with Crippen molar-refractivity contribution in [2.75, 3.05) is 13.7 Å². The molecule has 0 radical (unpaired) electrons. The SMILES string of the molecule is C#CCCNCc1cccnc1OC. The fourth-order valence-corrected chi connectivity index (χ4v) is 1.13. The minimum Gasteiger partial charge on any atom is -0.481 e. The summed E-state index contributed by atoms with van der Waals surface area (Å²) in [5.74, 6) is 3.24. The summed E-state index contributed by atoms with van der Waals surface area (Å²) in [5.41, 5.74) is 1.05. The van der Waals surface area contributed by atoms with Gasteiger partial charge in [0.1, 0.15) is 0 Å². The highest BCUT2D eigenvalue weighted by atomic mass is 16.5. The van der Waals surface area contributed by atoms with Gasteiger partial charge in [0.25, 0.3) is 0 Å². The lowest BCUT2D eigenvalue weighted by molar-refractivity contribution is 0.390. The van der Waals surface area contributed by atoms with Crippen LogP contribution < -0.4 is 10.1 Å². The zero-order chi connectivity index (χ0) is 10.2. The highest BCUT2D eigenvalue weighted by Gasteiger charge is 2.01. The molecule has 0 fully saturated rings. The van der Waals surface area contributed by atoms with Crippen molar-refractivity contribution in [3.05, 3.63) is 23.9 Å². The predicted molar refractivity (Wildman–Crippen MR) is 55.9 cm³/mol. The molecule has 74 valence electrons. The fraction of sp³-hybridized carbons (Fsp3) is 0.364. The number of methoxy groups -OCH3 is 1. The van der Waals surface area contributed by atoms with E-state index >= 15 is 0 Å². The lowest BCUT2D eigenvalue weighted by Crippen LogP contribution is -2.15. The van der Waals surface area contributed by atoms with Crippen molar-refractivity contribution >= 4 is 0 Å². The van der Waals surface area contributed by atoms with E-state index in [2.05, 4.69) is 16.2 Å². The molecular formula is C11H14N2O. The Hall–Kier alpha value is -1.53. The Morgan fingerprint density at radius 1 is 1.64 bits per heavy atom. The Morgan fingerprint density at radius 3 is 3.21 bits per heavy atom. The van der Waals surface area contributed by atoms with E-state index in [1.54, 1.807) is 13.3 Å². The molecule has 1 N–H and O–H groups in total. The molecule has 14 heavy (non-hydrogen) atoms. The summed E-state index contributed by atoms with van der Waals surface area (Å²) in [6.07, 6.45) is 7.59. The monoisotopic (exact) mass is 190 g/mol. The van der Waals surface area contributed by atoms with E-state index in [0.717, 1.165) is 25.1 Å². The van der Waals surface area contributed by atoms with E-state index in [1.165, 1.54) is 0 Å². The molecule has 1 heterocycles. The van der Waals surface area contributed by atoms with Crippen LogP contribution in [0.2, 0.25) is 0 Å². The van der Waals surface area contributed by atoms with E-state index in [4.69, 9.17) is 11.2 Å². The van der Waals surface area contributed by atoms with Gasteiger partial charge < -0.3 is 10.1 Å². The molecule has 0 amide bonds. The van der Waals surface area contributed by atoms with Gasteiger partial charge >= 0.3 is 0 Å². The molecule has 1 rings (SSSR count). The molecule has 0 aliphatic rings. The second-order valence-electron chi connectivity index (χ2n) is 2.80. The normalized spacial score (nSPS) is 9.43. The Balaban J connectivity index is 2.46. The smallest absolute Gasteiger partial charge is 0.217 e. The number of hydrogen-bond donors (Lipinski definition) is 1.